The molecule has 2 nitrogen and oxygen atoms in total. The predicted octanol–water partition coefficient (Wildman–Crippen LogP) is 4.04. The monoisotopic (exact) mass is 275 g/mol. The highest BCUT2D eigenvalue weighted by molar-refractivity contribution is 6.32. The Labute approximate surface area is 119 Å². The fraction of sp³-hybridized carbons (Fsp3) is 0.250. The van der Waals surface area contributed by atoms with Crippen LogP contribution >= 0.6 is 11.6 Å². The Balaban J connectivity index is 2.05. The summed E-state index contributed by atoms with van der Waals surface area (Å²) in [5, 5.41) is 0.607. The standard InChI is InChI=1S/C16H18ClNO/c1-11-7-12(2)9-13(8-11)15(18)10-19-16-6-4-3-5-14(16)17/h3-9,15H,10,18H2,1-2H3. The Morgan fingerprint density at radius 3 is 2.37 bits per heavy atom. The SMILES string of the molecule is Cc1cc(C)cc(C(N)COc2ccccc2Cl)c1. The molecular formula is C16H18ClNO. The molecule has 0 amide bonds. The van der Waals surface area contributed by atoms with Crippen LogP contribution in [0, 0.1) is 13.8 Å². The van der Waals surface area contributed by atoms with Gasteiger partial charge in [0.2, 0.25) is 0 Å². The molecule has 0 heterocycles. The highest BCUT2D eigenvalue weighted by Gasteiger charge is 2.09. The summed E-state index contributed by atoms with van der Waals surface area (Å²) in [6.07, 6.45) is 0. The Morgan fingerprint density at radius 2 is 1.74 bits per heavy atom. The Bertz CT molecular complexity index is 548. The highest BCUT2D eigenvalue weighted by Crippen LogP contribution is 2.24. The summed E-state index contributed by atoms with van der Waals surface area (Å²) in [6.45, 7) is 4.54. The van der Waals surface area contributed by atoms with E-state index in [4.69, 9.17) is 22.1 Å². The van der Waals surface area contributed by atoms with Gasteiger partial charge in [-0.2, -0.15) is 0 Å². The molecule has 0 spiro atoms. The van der Waals surface area contributed by atoms with Gasteiger partial charge in [-0.3, -0.25) is 0 Å². The molecular weight excluding hydrogens is 258 g/mol. The van der Waals surface area contributed by atoms with Crippen molar-refractivity contribution in [3.8, 4) is 5.75 Å². The molecule has 2 N–H and O–H groups in total. The van der Waals surface area contributed by atoms with Crippen molar-refractivity contribution in [1.29, 1.82) is 0 Å². The zero-order chi connectivity index (χ0) is 13.8. The topological polar surface area (TPSA) is 35.2 Å². The van der Waals surface area contributed by atoms with Crippen molar-refractivity contribution in [1.82, 2.24) is 0 Å². The lowest BCUT2D eigenvalue weighted by molar-refractivity contribution is 0.291. The Hall–Kier alpha value is -1.51. The first kappa shape index (κ1) is 13.9. The van der Waals surface area contributed by atoms with Gasteiger partial charge >= 0.3 is 0 Å². The van der Waals surface area contributed by atoms with Gasteiger partial charge in [-0.15, -0.1) is 0 Å². The molecule has 1 atom stereocenters. The molecule has 3 heteroatoms. The predicted molar refractivity (Wildman–Crippen MR) is 79.8 cm³/mol. The van der Waals surface area contributed by atoms with Gasteiger partial charge in [0.15, 0.2) is 0 Å². The molecule has 19 heavy (non-hydrogen) atoms. The van der Waals surface area contributed by atoms with Gasteiger partial charge in [-0.1, -0.05) is 53.1 Å². The van der Waals surface area contributed by atoms with Gasteiger partial charge in [0.05, 0.1) is 11.1 Å². The van der Waals surface area contributed by atoms with Crippen LogP contribution in [0.2, 0.25) is 5.02 Å². The maximum atomic E-state index is 6.16. The second-order valence-corrected chi connectivity index (χ2v) is 5.18. The van der Waals surface area contributed by atoms with Gasteiger partial charge in [0.1, 0.15) is 12.4 Å². The van der Waals surface area contributed by atoms with E-state index in [1.807, 2.05) is 18.2 Å². The fourth-order valence-corrected chi connectivity index (χ4v) is 2.25. The van der Waals surface area contributed by atoms with E-state index in [2.05, 4.69) is 32.0 Å². The molecule has 0 fully saturated rings. The summed E-state index contributed by atoms with van der Waals surface area (Å²) in [5.41, 5.74) is 9.67. The van der Waals surface area contributed by atoms with Crippen molar-refractivity contribution in [3.05, 3.63) is 64.2 Å². The lowest BCUT2D eigenvalue weighted by Crippen LogP contribution is -2.19. The van der Waals surface area contributed by atoms with Crippen molar-refractivity contribution in [2.75, 3.05) is 6.61 Å². The Kier molecular flexibility index (Phi) is 4.46. The third-order valence-corrected chi connectivity index (χ3v) is 3.24. The van der Waals surface area contributed by atoms with E-state index >= 15 is 0 Å². The highest BCUT2D eigenvalue weighted by atomic mass is 35.5. The number of nitrogens with two attached hydrogens (primary N) is 1. The zero-order valence-electron chi connectivity index (χ0n) is 11.2. The molecule has 0 saturated heterocycles. The van der Waals surface area contributed by atoms with Crippen LogP contribution in [0.15, 0.2) is 42.5 Å². The first-order valence-electron chi connectivity index (χ1n) is 6.27. The summed E-state index contributed by atoms with van der Waals surface area (Å²) < 4.78 is 5.68. The average molecular weight is 276 g/mol. The van der Waals surface area contributed by atoms with Crippen molar-refractivity contribution in [2.24, 2.45) is 5.73 Å². The Morgan fingerprint density at radius 1 is 1.11 bits per heavy atom. The van der Waals surface area contributed by atoms with Gasteiger partial charge < -0.3 is 10.5 Å². The third kappa shape index (κ3) is 3.72. The molecule has 1 unspecified atom stereocenters. The smallest absolute Gasteiger partial charge is 0.137 e. The number of para-hydroxylation sites is 1. The van der Waals surface area contributed by atoms with Gasteiger partial charge in [0.25, 0.3) is 0 Å². The van der Waals surface area contributed by atoms with Crippen LogP contribution in [-0.4, -0.2) is 6.61 Å². The minimum absolute atomic E-state index is 0.158. The largest absolute Gasteiger partial charge is 0.490 e. The zero-order valence-corrected chi connectivity index (χ0v) is 11.9. The number of rotatable bonds is 4. The molecule has 0 bridgehead atoms. The van der Waals surface area contributed by atoms with Crippen LogP contribution in [0.5, 0.6) is 5.75 Å². The van der Waals surface area contributed by atoms with Crippen LogP contribution in [0.1, 0.15) is 22.7 Å². The molecule has 2 rings (SSSR count). The van der Waals surface area contributed by atoms with Crippen LogP contribution in [0.25, 0.3) is 0 Å². The van der Waals surface area contributed by atoms with Gasteiger partial charge in [0, 0.05) is 0 Å². The molecule has 100 valence electrons. The van der Waals surface area contributed by atoms with E-state index in [1.165, 1.54) is 11.1 Å². The van der Waals surface area contributed by atoms with Crippen molar-refractivity contribution < 1.29 is 4.74 Å². The van der Waals surface area contributed by atoms with E-state index in [9.17, 15) is 0 Å². The first-order valence-corrected chi connectivity index (χ1v) is 6.65. The number of ether oxygens (including phenoxy) is 1. The third-order valence-electron chi connectivity index (χ3n) is 2.93. The van der Waals surface area contributed by atoms with Crippen molar-refractivity contribution in [3.63, 3.8) is 0 Å². The van der Waals surface area contributed by atoms with E-state index in [1.54, 1.807) is 6.07 Å². The number of halogens is 1. The summed E-state index contributed by atoms with van der Waals surface area (Å²) >= 11 is 6.04. The van der Waals surface area contributed by atoms with Gasteiger partial charge in [-0.05, 0) is 31.5 Å². The molecule has 0 aliphatic rings. The van der Waals surface area contributed by atoms with E-state index in [-0.39, 0.29) is 6.04 Å². The second kappa shape index (κ2) is 6.09. The normalized spacial score (nSPS) is 12.2. The lowest BCUT2D eigenvalue weighted by atomic mass is 10.0. The van der Waals surface area contributed by atoms with Crippen LogP contribution < -0.4 is 10.5 Å². The number of hydrogen-bond acceptors (Lipinski definition) is 2. The minimum Gasteiger partial charge on any atom is -0.490 e. The molecule has 2 aromatic rings. The summed E-state index contributed by atoms with van der Waals surface area (Å²) in [7, 11) is 0. The van der Waals surface area contributed by atoms with Crippen LogP contribution in [0.3, 0.4) is 0 Å². The maximum Gasteiger partial charge on any atom is 0.137 e. The summed E-state index contributed by atoms with van der Waals surface area (Å²) in [5.74, 6) is 0.670. The van der Waals surface area contributed by atoms with Crippen molar-refractivity contribution in [2.45, 2.75) is 19.9 Å². The first-order chi connectivity index (χ1) is 9.06. The van der Waals surface area contributed by atoms with Crippen LogP contribution in [0.4, 0.5) is 0 Å². The van der Waals surface area contributed by atoms with E-state index in [0.29, 0.717) is 17.4 Å². The quantitative estimate of drug-likeness (QED) is 0.914. The molecule has 0 aliphatic heterocycles. The molecule has 0 aromatic heterocycles. The van der Waals surface area contributed by atoms with E-state index < -0.39 is 0 Å². The number of aryl methyl sites for hydroxylation is 2. The molecule has 0 aliphatic carbocycles. The maximum absolute atomic E-state index is 6.16. The van der Waals surface area contributed by atoms with Crippen molar-refractivity contribution >= 4 is 11.6 Å². The molecule has 2 aromatic carbocycles. The lowest BCUT2D eigenvalue weighted by Gasteiger charge is -2.15. The molecule has 0 saturated carbocycles. The number of benzene rings is 2. The minimum atomic E-state index is -0.158. The fourth-order valence-electron chi connectivity index (χ4n) is 2.06. The van der Waals surface area contributed by atoms with Gasteiger partial charge in [-0.25, -0.2) is 0 Å². The average Bonchev–Trinajstić information content (AvgIpc) is 2.36. The molecule has 0 radical (unpaired) electrons. The second-order valence-electron chi connectivity index (χ2n) is 4.77. The number of hydrogen-bond donors (Lipinski definition) is 1. The van der Waals surface area contributed by atoms with Crippen LogP contribution in [-0.2, 0) is 0 Å². The summed E-state index contributed by atoms with van der Waals surface area (Å²) in [4.78, 5) is 0. The van der Waals surface area contributed by atoms with E-state index in [0.717, 1.165) is 5.56 Å². The summed E-state index contributed by atoms with van der Waals surface area (Å²) in [6, 6.07) is 13.6.